The number of phenolic OH excluding ortho intramolecular Hbond substituents is 1. The molecule has 72 valence electrons. The zero-order chi connectivity index (χ0) is 10.1. The molecule has 0 radical (unpaired) electrons. The highest BCUT2D eigenvalue weighted by Gasteiger charge is 2.08. The lowest BCUT2D eigenvalue weighted by molar-refractivity contribution is 0.475. The van der Waals surface area contributed by atoms with Gasteiger partial charge in [-0.05, 0) is 24.3 Å². The first-order valence-corrected chi connectivity index (χ1v) is 4.13. The Morgan fingerprint density at radius 1 is 1.29 bits per heavy atom. The molecule has 2 rings (SSSR count). The molecular formula is C9H10N4O. The van der Waals surface area contributed by atoms with Crippen LogP contribution in [0.2, 0.25) is 0 Å². The van der Waals surface area contributed by atoms with E-state index in [0.29, 0.717) is 11.5 Å². The number of benzene rings is 1. The first-order valence-electron chi connectivity index (χ1n) is 4.13. The van der Waals surface area contributed by atoms with Gasteiger partial charge in [0.15, 0.2) is 0 Å². The van der Waals surface area contributed by atoms with Gasteiger partial charge in [0, 0.05) is 12.6 Å². The van der Waals surface area contributed by atoms with Crippen LogP contribution in [0.15, 0.2) is 24.3 Å². The number of aromatic nitrogens is 3. The van der Waals surface area contributed by atoms with Gasteiger partial charge >= 0.3 is 0 Å². The van der Waals surface area contributed by atoms with Crippen molar-refractivity contribution in [3.8, 4) is 17.0 Å². The van der Waals surface area contributed by atoms with Crippen LogP contribution in [0.3, 0.4) is 0 Å². The third-order valence-electron chi connectivity index (χ3n) is 2.01. The second-order valence-corrected chi connectivity index (χ2v) is 2.99. The summed E-state index contributed by atoms with van der Waals surface area (Å²) in [5, 5.41) is 16.8. The molecule has 0 amide bonds. The van der Waals surface area contributed by atoms with E-state index in [1.54, 1.807) is 31.3 Å². The molecule has 0 spiro atoms. The minimum Gasteiger partial charge on any atom is -0.508 e. The maximum absolute atomic E-state index is 9.11. The number of rotatable bonds is 1. The molecule has 5 heteroatoms. The summed E-state index contributed by atoms with van der Waals surface area (Å²) in [5.41, 5.74) is 7.22. The summed E-state index contributed by atoms with van der Waals surface area (Å²) in [6, 6.07) is 6.67. The van der Waals surface area contributed by atoms with Crippen LogP contribution < -0.4 is 5.73 Å². The van der Waals surface area contributed by atoms with E-state index in [4.69, 9.17) is 10.8 Å². The maximum atomic E-state index is 9.11. The Labute approximate surface area is 80.8 Å². The Morgan fingerprint density at radius 3 is 2.43 bits per heavy atom. The van der Waals surface area contributed by atoms with Crippen LogP contribution in [0.1, 0.15) is 0 Å². The molecule has 0 atom stereocenters. The van der Waals surface area contributed by atoms with Gasteiger partial charge in [-0.1, -0.05) is 5.21 Å². The Balaban J connectivity index is 2.49. The van der Waals surface area contributed by atoms with Crippen LogP contribution in [0.5, 0.6) is 5.75 Å². The van der Waals surface area contributed by atoms with Gasteiger partial charge in [0.2, 0.25) is 0 Å². The quantitative estimate of drug-likeness (QED) is 0.696. The van der Waals surface area contributed by atoms with Crippen molar-refractivity contribution in [1.29, 1.82) is 0 Å². The lowest BCUT2D eigenvalue weighted by Crippen LogP contribution is -1.97. The monoisotopic (exact) mass is 190 g/mol. The summed E-state index contributed by atoms with van der Waals surface area (Å²) in [7, 11) is 1.73. The zero-order valence-corrected chi connectivity index (χ0v) is 7.68. The molecule has 0 bridgehead atoms. The fourth-order valence-electron chi connectivity index (χ4n) is 1.19. The van der Waals surface area contributed by atoms with Gasteiger partial charge in [-0.3, -0.25) is 0 Å². The van der Waals surface area contributed by atoms with Crippen LogP contribution in [-0.4, -0.2) is 20.1 Å². The van der Waals surface area contributed by atoms with Gasteiger partial charge in [-0.2, -0.15) is 0 Å². The molecule has 0 saturated heterocycles. The summed E-state index contributed by atoms with van der Waals surface area (Å²) in [6.07, 6.45) is 0. The Bertz CT molecular complexity index is 446. The highest BCUT2D eigenvalue weighted by Crippen LogP contribution is 2.23. The minimum absolute atomic E-state index is 0.219. The third-order valence-corrected chi connectivity index (χ3v) is 2.01. The first-order chi connectivity index (χ1) is 6.68. The molecule has 0 aliphatic carbocycles. The van der Waals surface area contributed by atoms with E-state index in [9.17, 15) is 0 Å². The number of nitrogens with zero attached hydrogens (tertiary/aromatic N) is 3. The van der Waals surface area contributed by atoms with Crippen LogP contribution in [0, 0.1) is 0 Å². The fourth-order valence-corrected chi connectivity index (χ4v) is 1.19. The molecule has 3 N–H and O–H groups in total. The van der Waals surface area contributed by atoms with E-state index < -0.39 is 0 Å². The van der Waals surface area contributed by atoms with Crippen LogP contribution >= 0.6 is 0 Å². The third kappa shape index (κ3) is 1.28. The summed E-state index contributed by atoms with van der Waals surface area (Å²) in [5.74, 6) is 0.729. The standard InChI is InChI=1S/C9H10N4O/c1-13-9(10)8(11-12-13)6-2-4-7(14)5-3-6/h2-5,14H,10H2,1H3. The number of aromatic hydroxyl groups is 1. The van der Waals surface area contributed by atoms with Gasteiger partial charge in [0.25, 0.3) is 0 Å². The number of hydrogen-bond acceptors (Lipinski definition) is 4. The smallest absolute Gasteiger partial charge is 0.150 e. The molecule has 2 aromatic rings. The molecule has 1 aromatic carbocycles. The van der Waals surface area contributed by atoms with E-state index in [1.165, 1.54) is 4.68 Å². The van der Waals surface area contributed by atoms with Crippen LogP contribution in [0.4, 0.5) is 5.82 Å². The zero-order valence-electron chi connectivity index (χ0n) is 7.68. The average molecular weight is 190 g/mol. The topological polar surface area (TPSA) is 77.0 Å². The van der Waals surface area contributed by atoms with E-state index in [2.05, 4.69) is 10.3 Å². The van der Waals surface area contributed by atoms with Crippen molar-refractivity contribution in [2.45, 2.75) is 0 Å². The molecule has 0 aliphatic rings. The van der Waals surface area contributed by atoms with Crippen LogP contribution in [0.25, 0.3) is 11.3 Å². The first kappa shape index (κ1) is 8.55. The molecule has 0 unspecified atom stereocenters. The highest BCUT2D eigenvalue weighted by atomic mass is 16.3. The number of nitrogens with two attached hydrogens (primary N) is 1. The highest BCUT2D eigenvalue weighted by molar-refractivity contribution is 5.69. The lowest BCUT2D eigenvalue weighted by Gasteiger charge is -1.98. The van der Waals surface area contributed by atoms with Crippen molar-refractivity contribution in [2.75, 3.05) is 5.73 Å². The predicted octanol–water partition coefficient (Wildman–Crippen LogP) is 0.770. The van der Waals surface area contributed by atoms with Crippen molar-refractivity contribution in [1.82, 2.24) is 15.0 Å². The van der Waals surface area contributed by atoms with Crippen molar-refractivity contribution < 1.29 is 5.11 Å². The van der Waals surface area contributed by atoms with Crippen molar-refractivity contribution in [3.05, 3.63) is 24.3 Å². The van der Waals surface area contributed by atoms with Crippen molar-refractivity contribution in [3.63, 3.8) is 0 Å². The van der Waals surface area contributed by atoms with Gasteiger partial charge in [0.05, 0.1) is 0 Å². The largest absolute Gasteiger partial charge is 0.508 e. The van der Waals surface area contributed by atoms with E-state index in [-0.39, 0.29) is 5.75 Å². The molecule has 1 aromatic heterocycles. The minimum atomic E-state index is 0.219. The van der Waals surface area contributed by atoms with E-state index in [0.717, 1.165) is 5.56 Å². The van der Waals surface area contributed by atoms with Crippen LogP contribution in [-0.2, 0) is 7.05 Å². The lowest BCUT2D eigenvalue weighted by atomic mass is 10.1. The summed E-state index contributed by atoms with van der Waals surface area (Å²) < 4.78 is 1.50. The molecule has 1 heterocycles. The maximum Gasteiger partial charge on any atom is 0.150 e. The number of nitrogen functional groups attached to an aromatic ring is 1. The Kier molecular flexibility index (Phi) is 1.85. The number of aryl methyl sites for hydroxylation is 1. The summed E-state index contributed by atoms with van der Waals surface area (Å²) in [6.45, 7) is 0. The predicted molar refractivity (Wildman–Crippen MR) is 52.5 cm³/mol. The fraction of sp³-hybridized carbons (Fsp3) is 0.111. The number of phenols is 1. The van der Waals surface area contributed by atoms with Gasteiger partial charge < -0.3 is 10.8 Å². The number of hydrogen-bond donors (Lipinski definition) is 2. The molecular weight excluding hydrogens is 180 g/mol. The Hall–Kier alpha value is -2.04. The summed E-state index contributed by atoms with van der Waals surface area (Å²) in [4.78, 5) is 0. The van der Waals surface area contributed by atoms with Crippen molar-refractivity contribution in [2.24, 2.45) is 7.05 Å². The molecule has 0 fully saturated rings. The second-order valence-electron chi connectivity index (χ2n) is 2.99. The molecule has 5 nitrogen and oxygen atoms in total. The van der Waals surface area contributed by atoms with Gasteiger partial charge in [-0.15, -0.1) is 5.10 Å². The SMILES string of the molecule is Cn1nnc(-c2ccc(O)cc2)c1N. The molecule has 0 saturated carbocycles. The normalized spacial score (nSPS) is 10.4. The van der Waals surface area contributed by atoms with Gasteiger partial charge in [-0.25, -0.2) is 4.68 Å². The van der Waals surface area contributed by atoms with Gasteiger partial charge in [0.1, 0.15) is 17.3 Å². The molecule has 0 aliphatic heterocycles. The van der Waals surface area contributed by atoms with E-state index in [1.807, 2.05) is 0 Å². The Morgan fingerprint density at radius 2 is 1.93 bits per heavy atom. The van der Waals surface area contributed by atoms with Crippen molar-refractivity contribution >= 4 is 5.82 Å². The second kappa shape index (κ2) is 3.02. The number of anilines is 1. The average Bonchev–Trinajstić information content (AvgIpc) is 2.50. The molecule has 14 heavy (non-hydrogen) atoms. The van der Waals surface area contributed by atoms with E-state index >= 15 is 0 Å². The summed E-state index contributed by atoms with van der Waals surface area (Å²) >= 11 is 0.